The molecule has 2 N–H and O–H groups in total. The van der Waals surface area contributed by atoms with Crippen LogP contribution in [0, 0.1) is 11.8 Å². The van der Waals surface area contributed by atoms with Crippen LogP contribution in [0.15, 0.2) is 24.3 Å². The average Bonchev–Trinajstić information content (AvgIpc) is 2.67. The smallest absolute Gasteiger partial charge is 0.245 e. The summed E-state index contributed by atoms with van der Waals surface area (Å²) in [6.45, 7) is 10.3. The molecule has 0 aliphatic carbocycles. The van der Waals surface area contributed by atoms with Gasteiger partial charge in [0.1, 0.15) is 6.04 Å². The Hall–Kier alpha value is -2.12. The van der Waals surface area contributed by atoms with E-state index in [2.05, 4.69) is 10.6 Å². The zero-order chi connectivity index (χ0) is 22.3. The van der Waals surface area contributed by atoms with Crippen molar-refractivity contribution in [3.8, 4) is 0 Å². The lowest BCUT2D eigenvalue weighted by Crippen LogP contribution is -2.57. The summed E-state index contributed by atoms with van der Waals surface area (Å²) >= 11 is 6.08. The molecule has 0 aromatic heterocycles. The van der Waals surface area contributed by atoms with E-state index in [0.29, 0.717) is 43.3 Å². The van der Waals surface area contributed by atoms with E-state index in [0.717, 1.165) is 0 Å². The number of halogens is 1. The number of nitrogens with one attached hydrogen (secondary N) is 2. The zero-order valence-electron chi connectivity index (χ0n) is 18.3. The molecule has 30 heavy (non-hydrogen) atoms. The van der Waals surface area contributed by atoms with Crippen LogP contribution < -0.4 is 10.6 Å². The summed E-state index contributed by atoms with van der Waals surface area (Å²) in [5.41, 5.74) is 0.592. The number of carbonyl (C=O) groups is 3. The third-order valence-corrected chi connectivity index (χ3v) is 5.37. The SMILES string of the molecule is CC(C)CC(=O)NC(C(=O)N1CCN(CC(=O)Nc2ccccc2Cl)CC1)C(C)C. The lowest BCUT2D eigenvalue weighted by atomic mass is 10.0. The predicted octanol–water partition coefficient (Wildman–Crippen LogP) is 2.61. The molecule has 0 radical (unpaired) electrons. The summed E-state index contributed by atoms with van der Waals surface area (Å²) in [7, 11) is 0. The molecule has 0 bridgehead atoms. The molecule has 1 unspecified atom stereocenters. The fourth-order valence-electron chi connectivity index (χ4n) is 3.40. The van der Waals surface area contributed by atoms with E-state index >= 15 is 0 Å². The molecule has 1 fully saturated rings. The first kappa shape index (κ1) is 24.2. The molecule has 2 rings (SSSR count). The van der Waals surface area contributed by atoms with Crippen LogP contribution in [-0.2, 0) is 14.4 Å². The summed E-state index contributed by atoms with van der Waals surface area (Å²) in [4.78, 5) is 41.2. The van der Waals surface area contributed by atoms with Crippen LogP contribution in [0.1, 0.15) is 34.1 Å². The van der Waals surface area contributed by atoms with Crippen LogP contribution in [0.3, 0.4) is 0 Å². The normalized spacial score (nSPS) is 15.9. The van der Waals surface area contributed by atoms with Crippen molar-refractivity contribution in [1.82, 2.24) is 15.1 Å². The standard InChI is InChI=1S/C22H33ClN4O3/c1-15(2)13-19(28)25-21(16(3)4)22(30)27-11-9-26(10-12-27)14-20(29)24-18-8-6-5-7-17(18)23/h5-8,15-16,21H,9-14H2,1-4H3,(H,24,29)(H,25,28). The second-order valence-corrected chi connectivity index (χ2v) is 8.92. The third kappa shape index (κ3) is 7.29. The molecule has 166 valence electrons. The van der Waals surface area contributed by atoms with Gasteiger partial charge in [0.05, 0.1) is 17.3 Å². The zero-order valence-corrected chi connectivity index (χ0v) is 19.0. The quantitative estimate of drug-likeness (QED) is 0.656. The second-order valence-electron chi connectivity index (χ2n) is 8.52. The number of piperazine rings is 1. The number of nitrogens with zero attached hydrogens (tertiary/aromatic N) is 2. The van der Waals surface area contributed by atoms with Crippen molar-refractivity contribution in [2.45, 2.75) is 40.2 Å². The molecule has 1 aliphatic rings. The molecule has 0 spiro atoms. The van der Waals surface area contributed by atoms with Crippen molar-refractivity contribution in [3.63, 3.8) is 0 Å². The molecule has 1 aliphatic heterocycles. The van der Waals surface area contributed by atoms with E-state index in [-0.39, 0.29) is 36.1 Å². The van der Waals surface area contributed by atoms with Crippen LogP contribution in [-0.4, -0.2) is 66.3 Å². The van der Waals surface area contributed by atoms with Crippen LogP contribution >= 0.6 is 11.6 Å². The molecule has 7 nitrogen and oxygen atoms in total. The maximum atomic E-state index is 13.0. The molecule has 1 saturated heterocycles. The lowest BCUT2D eigenvalue weighted by Gasteiger charge is -2.37. The summed E-state index contributed by atoms with van der Waals surface area (Å²) in [6.07, 6.45) is 0.408. The highest BCUT2D eigenvalue weighted by atomic mass is 35.5. The number of amides is 3. The van der Waals surface area contributed by atoms with Gasteiger partial charge in [0.15, 0.2) is 0 Å². The van der Waals surface area contributed by atoms with E-state index in [1.54, 1.807) is 17.0 Å². The average molecular weight is 437 g/mol. The number of rotatable bonds is 8. The Labute approximate surface area is 184 Å². The Bertz CT molecular complexity index is 746. The number of para-hydroxylation sites is 1. The van der Waals surface area contributed by atoms with Gasteiger partial charge in [-0.2, -0.15) is 0 Å². The number of hydrogen-bond donors (Lipinski definition) is 2. The highest BCUT2D eigenvalue weighted by Crippen LogP contribution is 2.20. The van der Waals surface area contributed by atoms with Gasteiger partial charge in [-0.25, -0.2) is 0 Å². The minimum Gasteiger partial charge on any atom is -0.344 e. The maximum Gasteiger partial charge on any atom is 0.245 e. The summed E-state index contributed by atoms with van der Waals surface area (Å²) in [6, 6.07) is 6.59. The van der Waals surface area contributed by atoms with Crippen molar-refractivity contribution < 1.29 is 14.4 Å². The molecule has 8 heteroatoms. The van der Waals surface area contributed by atoms with Crippen LogP contribution in [0.4, 0.5) is 5.69 Å². The van der Waals surface area contributed by atoms with Crippen molar-refractivity contribution in [1.29, 1.82) is 0 Å². The second kappa shape index (κ2) is 11.3. The predicted molar refractivity (Wildman–Crippen MR) is 119 cm³/mol. The molecule has 1 atom stereocenters. The Morgan fingerprint density at radius 1 is 1.00 bits per heavy atom. The highest BCUT2D eigenvalue weighted by molar-refractivity contribution is 6.33. The van der Waals surface area contributed by atoms with Gasteiger partial charge in [-0.1, -0.05) is 51.4 Å². The van der Waals surface area contributed by atoms with Crippen molar-refractivity contribution in [3.05, 3.63) is 29.3 Å². The fraction of sp³-hybridized carbons (Fsp3) is 0.591. The first-order valence-corrected chi connectivity index (χ1v) is 10.9. The first-order valence-electron chi connectivity index (χ1n) is 10.5. The molecular formula is C22H33ClN4O3. The van der Waals surface area contributed by atoms with Gasteiger partial charge < -0.3 is 15.5 Å². The minimum absolute atomic E-state index is 0.00744. The molecule has 1 heterocycles. The van der Waals surface area contributed by atoms with E-state index in [1.165, 1.54) is 0 Å². The van der Waals surface area contributed by atoms with Crippen molar-refractivity contribution in [2.75, 3.05) is 38.0 Å². The topological polar surface area (TPSA) is 81.8 Å². The summed E-state index contributed by atoms with van der Waals surface area (Å²) < 4.78 is 0. The van der Waals surface area contributed by atoms with Gasteiger partial charge in [-0.15, -0.1) is 0 Å². The first-order chi connectivity index (χ1) is 14.2. The van der Waals surface area contributed by atoms with E-state index in [4.69, 9.17) is 11.6 Å². The van der Waals surface area contributed by atoms with Gasteiger partial charge >= 0.3 is 0 Å². The van der Waals surface area contributed by atoms with Gasteiger partial charge in [-0.3, -0.25) is 19.3 Å². The van der Waals surface area contributed by atoms with Gasteiger partial charge in [-0.05, 0) is 24.0 Å². The minimum atomic E-state index is -0.522. The third-order valence-electron chi connectivity index (χ3n) is 5.04. The van der Waals surface area contributed by atoms with Crippen molar-refractivity contribution in [2.24, 2.45) is 11.8 Å². The van der Waals surface area contributed by atoms with Crippen LogP contribution in [0.25, 0.3) is 0 Å². The van der Waals surface area contributed by atoms with E-state index in [1.807, 2.05) is 44.7 Å². The number of anilines is 1. The molecular weight excluding hydrogens is 404 g/mol. The van der Waals surface area contributed by atoms with Gasteiger partial charge in [0.2, 0.25) is 17.7 Å². The monoisotopic (exact) mass is 436 g/mol. The van der Waals surface area contributed by atoms with Crippen LogP contribution in [0.2, 0.25) is 5.02 Å². The Morgan fingerprint density at radius 3 is 2.20 bits per heavy atom. The van der Waals surface area contributed by atoms with E-state index in [9.17, 15) is 14.4 Å². The Balaban J connectivity index is 1.84. The van der Waals surface area contributed by atoms with E-state index < -0.39 is 6.04 Å². The highest BCUT2D eigenvalue weighted by Gasteiger charge is 2.31. The number of carbonyl (C=O) groups excluding carboxylic acids is 3. The van der Waals surface area contributed by atoms with Crippen LogP contribution in [0.5, 0.6) is 0 Å². The summed E-state index contributed by atoms with van der Waals surface area (Å²) in [5, 5.41) is 6.22. The van der Waals surface area contributed by atoms with Crippen molar-refractivity contribution >= 4 is 35.0 Å². The Morgan fingerprint density at radius 2 is 1.63 bits per heavy atom. The maximum absolute atomic E-state index is 13.0. The Kier molecular flexibility index (Phi) is 9.11. The largest absolute Gasteiger partial charge is 0.344 e. The molecule has 3 amide bonds. The van der Waals surface area contributed by atoms with Gasteiger partial charge in [0.25, 0.3) is 0 Å². The number of benzene rings is 1. The number of hydrogen-bond acceptors (Lipinski definition) is 4. The fourth-order valence-corrected chi connectivity index (χ4v) is 3.58. The molecule has 1 aromatic rings. The molecule has 0 saturated carbocycles. The lowest BCUT2D eigenvalue weighted by molar-refractivity contribution is -0.139. The molecule has 1 aromatic carbocycles. The van der Waals surface area contributed by atoms with Gasteiger partial charge in [0, 0.05) is 32.6 Å². The summed E-state index contributed by atoms with van der Waals surface area (Å²) in [5.74, 6) is -0.0282.